The number of hydrogen-bond donors (Lipinski definition) is 1. The van der Waals surface area contributed by atoms with Gasteiger partial charge in [-0.15, -0.1) is 0 Å². The molecule has 1 amide bonds. The summed E-state index contributed by atoms with van der Waals surface area (Å²) in [6.45, 7) is 2.52. The van der Waals surface area contributed by atoms with E-state index >= 15 is 0 Å². The van der Waals surface area contributed by atoms with Crippen molar-refractivity contribution in [3.8, 4) is 11.4 Å². The molecule has 0 saturated heterocycles. The van der Waals surface area contributed by atoms with Crippen LogP contribution in [0.1, 0.15) is 22.7 Å². The molecule has 0 spiro atoms. The topological polar surface area (TPSA) is 98.7 Å². The van der Waals surface area contributed by atoms with Gasteiger partial charge in [-0.05, 0) is 30.7 Å². The number of hydrogen-bond acceptors (Lipinski definition) is 6. The fraction of sp³-hybridized carbons (Fsp3) is 0.136. The summed E-state index contributed by atoms with van der Waals surface area (Å²) in [4.78, 5) is 20.4. The van der Waals surface area contributed by atoms with Crippen LogP contribution >= 0.6 is 11.6 Å². The van der Waals surface area contributed by atoms with Gasteiger partial charge in [-0.25, -0.2) is 4.68 Å². The molecular formula is C22H19ClN6O2. The summed E-state index contributed by atoms with van der Waals surface area (Å²) in [7, 11) is 0. The van der Waals surface area contributed by atoms with Crippen LogP contribution in [-0.4, -0.2) is 30.8 Å². The lowest BCUT2D eigenvalue weighted by Gasteiger charge is -2.03. The second kappa shape index (κ2) is 9.36. The molecule has 0 unspecified atom stereocenters. The molecule has 31 heavy (non-hydrogen) atoms. The Balaban J connectivity index is 1.37. The van der Waals surface area contributed by atoms with Crippen LogP contribution in [-0.2, 0) is 17.9 Å². The van der Waals surface area contributed by atoms with E-state index in [1.54, 1.807) is 35.3 Å². The largest absolute Gasteiger partial charge is 0.343 e. The minimum absolute atomic E-state index is 0.112. The van der Waals surface area contributed by atoms with Gasteiger partial charge in [-0.2, -0.15) is 10.1 Å². The van der Waals surface area contributed by atoms with Crippen LogP contribution in [0.15, 0.2) is 65.5 Å². The maximum Gasteiger partial charge on any atom is 0.246 e. The van der Waals surface area contributed by atoms with Crippen LogP contribution < -0.4 is 5.32 Å². The van der Waals surface area contributed by atoms with Gasteiger partial charge in [0.05, 0.1) is 18.8 Å². The predicted octanol–water partition coefficient (Wildman–Crippen LogP) is 3.67. The second-order valence-electron chi connectivity index (χ2n) is 6.73. The Morgan fingerprint density at radius 2 is 1.97 bits per heavy atom. The first-order valence-electron chi connectivity index (χ1n) is 9.56. The van der Waals surface area contributed by atoms with Gasteiger partial charge in [-0.3, -0.25) is 9.78 Å². The third kappa shape index (κ3) is 5.04. The maximum atomic E-state index is 12.2. The van der Waals surface area contributed by atoms with Crippen LogP contribution in [0.4, 0.5) is 0 Å². The monoisotopic (exact) mass is 434 g/mol. The molecule has 0 aliphatic rings. The van der Waals surface area contributed by atoms with E-state index in [9.17, 15) is 4.79 Å². The van der Waals surface area contributed by atoms with Crippen molar-refractivity contribution in [3.63, 3.8) is 0 Å². The van der Waals surface area contributed by atoms with Gasteiger partial charge < -0.3 is 9.84 Å². The average Bonchev–Trinajstić information content (AvgIpc) is 3.37. The Morgan fingerprint density at radius 3 is 2.74 bits per heavy atom. The van der Waals surface area contributed by atoms with E-state index in [1.165, 1.54) is 6.08 Å². The number of carbonyl (C=O) groups excluding carboxylic acids is 1. The van der Waals surface area contributed by atoms with Gasteiger partial charge >= 0.3 is 0 Å². The van der Waals surface area contributed by atoms with Crippen LogP contribution in [0, 0.1) is 6.92 Å². The van der Waals surface area contributed by atoms with Gasteiger partial charge in [0, 0.05) is 29.6 Å². The first-order valence-corrected chi connectivity index (χ1v) is 9.93. The van der Waals surface area contributed by atoms with E-state index in [4.69, 9.17) is 16.1 Å². The molecule has 0 aliphatic carbocycles. The molecule has 156 valence electrons. The summed E-state index contributed by atoms with van der Waals surface area (Å²) in [5.41, 5.74) is 3.31. The zero-order chi connectivity index (χ0) is 21.6. The predicted molar refractivity (Wildman–Crippen MR) is 116 cm³/mol. The first-order chi connectivity index (χ1) is 15.1. The Hall–Kier alpha value is -3.78. The smallest absolute Gasteiger partial charge is 0.246 e. The van der Waals surface area contributed by atoms with Crippen molar-refractivity contribution < 1.29 is 9.32 Å². The number of nitrogens with one attached hydrogen (secondary N) is 1. The highest BCUT2D eigenvalue weighted by Crippen LogP contribution is 2.22. The second-order valence-corrected chi connectivity index (χ2v) is 7.09. The Morgan fingerprint density at radius 1 is 1.19 bits per heavy atom. The Kier molecular flexibility index (Phi) is 6.18. The number of carbonyl (C=O) groups is 1. The third-order valence-corrected chi connectivity index (χ3v) is 4.91. The molecule has 3 heterocycles. The Labute approximate surface area is 183 Å². The van der Waals surface area contributed by atoms with E-state index < -0.39 is 0 Å². The molecule has 0 fully saturated rings. The van der Waals surface area contributed by atoms with Crippen LogP contribution in [0.3, 0.4) is 0 Å². The summed E-state index contributed by atoms with van der Waals surface area (Å²) in [6, 6.07) is 13.5. The molecule has 9 heteroatoms. The Bertz CT molecular complexity index is 1200. The van der Waals surface area contributed by atoms with Gasteiger partial charge in [0.2, 0.25) is 17.6 Å². The van der Waals surface area contributed by atoms with E-state index in [-0.39, 0.29) is 12.5 Å². The lowest BCUT2D eigenvalue weighted by atomic mass is 10.2. The number of pyridine rings is 1. The number of nitrogens with zero attached hydrogens (tertiary/aromatic N) is 5. The minimum atomic E-state index is -0.310. The standard InChI is InChI=1S/C22H19ClN6O2/c1-15-18(21(23)29(27-15)14-16-5-3-2-4-6-16)7-8-19(30)25-13-20-26-22(28-31-20)17-9-11-24-12-10-17/h2-12H,13-14H2,1H3,(H,25,30)/b8-7+. The van der Waals surface area contributed by atoms with Crippen LogP contribution in [0.25, 0.3) is 17.5 Å². The molecule has 0 saturated carbocycles. The molecule has 0 radical (unpaired) electrons. The van der Waals surface area contributed by atoms with E-state index in [1.807, 2.05) is 37.3 Å². The van der Waals surface area contributed by atoms with Crippen molar-refractivity contribution in [2.75, 3.05) is 0 Å². The molecule has 8 nitrogen and oxygen atoms in total. The highest BCUT2D eigenvalue weighted by atomic mass is 35.5. The quantitative estimate of drug-likeness (QED) is 0.445. The number of rotatable bonds is 7. The fourth-order valence-electron chi connectivity index (χ4n) is 2.94. The van der Waals surface area contributed by atoms with Crippen molar-refractivity contribution in [2.24, 2.45) is 0 Å². The first kappa shape index (κ1) is 20.5. The molecule has 1 aromatic carbocycles. The van der Waals surface area contributed by atoms with Crippen molar-refractivity contribution in [3.05, 3.63) is 88.8 Å². The summed E-state index contributed by atoms with van der Waals surface area (Å²) in [5.74, 6) is 0.434. The van der Waals surface area contributed by atoms with Gasteiger partial charge in [0.25, 0.3) is 0 Å². The number of amides is 1. The van der Waals surface area contributed by atoms with E-state index in [0.717, 1.165) is 16.8 Å². The van der Waals surface area contributed by atoms with E-state index in [2.05, 4.69) is 25.5 Å². The third-order valence-electron chi connectivity index (χ3n) is 4.51. The molecule has 0 bridgehead atoms. The summed E-state index contributed by atoms with van der Waals surface area (Å²) in [5, 5.41) is 11.6. The molecular weight excluding hydrogens is 416 g/mol. The lowest BCUT2D eigenvalue weighted by Crippen LogP contribution is -2.20. The maximum absolute atomic E-state index is 12.2. The molecule has 4 rings (SSSR count). The van der Waals surface area contributed by atoms with Gasteiger partial charge in [-0.1, -0.05) is 47.1 Å². The normalized spacial score (nSPS) is 11.2. The summed E-state index contributed by atoms with van der Waals surface area (Å²) < 4.78 is 6.89. The molecule has 0 atom stereocenters. The lowest BCUT2D eigenvalue weighted by molar-refractivity contribution is -0.116. The number of benzene rings is 1. The summed E-state index contributed by atoms with van der Waals surface area (Å²) >= 11 is 6.48. The minimum Gasteiger partial charge on any atom is -0.343 e. The molecule has 4 aromatic rings. The number of halogens is 1. The molecule has 1 N–H and O–H groups in total. The number of aromatic nitrogens is 5. The molecule has 3 aromatic heterocycles. The van der Waals surface area contributed by atoms with Crippen molar-refractivity contribution in [1.82, 2.24) is 30.2 Å². The highest BCUT2D eigenvalue weighted by molar-refractivity contribution is 6.31. The van der Waals surface area contributed by atoms with Crippen molar-refractivity contribution >= 4 is 23.6 Å². The van der Waals surface area contributed by atoms with Gasteiger partial charge in [0.1, 0.15) is 5.15 Å². The van der Waals surface area contributed by atoms with Crippen LogP contribution in [0.2, 0.25) is 5.15 Å². The van der Waals surface area contributed by atoms with Crippen molar-refractivity contribution in [2.45, 2.75) is 20.0 Å². The molecule has 0 aliphatic heterocycles. The number of aryl methyl sites for hydroxylation is 1. The zero-order valence-electron chi connectivity index (χ0n) is 16.7. The zero-order valence-corrected chi connectivity index (χ0v) is 17.5. The van der Waals surface area contributed by atoms with Gasteiger partial charge in [0.15, 0.2) is 0 Å². The fourth-order valence-corrected chi connectivity index (χ4v) is 3.24. The van der Waals surface area contributed by atoms with Crippen molar-refractivity contribution in [1.29, 1.82) is 0 Å². The van der Waals surface area contributed by atoms with Crippen LogP contribution in [0.5, 0.6) is 0 Å². The highest BCUT2D eigenvalue weighted by Gasteiger charge is 2.12. The SMILES string of the molecule is Cc1nn(Cc2ccccc2)c(Cl)c1/C=C/C(=O)NCc1nc(-c2ccncc2)no1. The average molecular weight is 435 g/mol. The summed E-state index contributed by atoms with van der Waals surface area (Å²) in [6.07, 6.45) is 6.35. The van der Waals surface area contributed by atoms with E-state index in [0.29, 0.717) is 29.0 Å².